The highest BCUT2D eigenvalue weighted by Gasteiger charge is 2.20. The van der Waals surface area contributed by atoms with Crippen molar-refractivity contribution in [3.8, 4) is 0 Å². The topological polar surface area (TPSA) is 99.8 Å². The molecular weight excluding hydrogens is 314 g/mol. The van der Waals surface area contributed by atoms with Crippen LogP contribution in [-0.2, 0) is 16.6 Å². The van der Waals surface area contributed by atoms with E-state index in [4.69, 9.17) is 11.6 Å². The van der Waals surface area contributed by atoms with Gasteiger partial charge in [0.2, 0.25) is 10.0 Å². The molecule has 7 nitrogen and oxygen atoms in total. The van der Waals surface area contributed by atoms with E-state index in [9.17, 15) is 8.42 Å². The van der Waals surface area contributed by atoms with Crippen LogP contribution in [0.2, 0.25) is 5.02 Å². The van der Waals surface area contributed by atoms with Crippen LogP contribution in [0.15, 0.2) is 29.4 Å². The van der Waals surface area contributed by atoms with Crippen molar-refractivity contribution in [2.45, 2.75) is 24.4 Å². The van der Waals surface area contributed by atoms with Crippen LogP contribution < -0.4 is 10.0 Å². The van der Waals surface area contributed by atoms with Gasteiger partial charge < -0.3 is 5.32 Å². The third-order valence-corrected chi connectivity index (χ3v) is 4.78. The Morgan fingerprint density at radius 3 is 2.81 bits per heavy atom. The Hall–Kier alpha value is -1.48. The van der Waals surface area contributed by atoms with Gasteiger partial charge in [-0.25, -0.2) is 18.1 Å². The molecule has 3 N–H and O–H groups in total. The summed E-state index contributed by atoms with van der Waals surface area (Å²) in [5.41, 5.74) is 0.717. The Kier molecular flexibility index (Phi) is 4.94. The largest absolute Gasteiger partial charge is 0.316 e. The molecular formula is C12H16ClN5O2S. The van der Waals surface area contributed by atoms with Gasteiger partial charge in [0.25, 0.3) is 0 Å². The first-order valence-corrected chi connectivity index (χ1v) is 8.11. The number of sulfonamides is 1. The normalized spacial score (nSPS) is 13.3. The van der Waals surface area contributed by atoms with Crippen LogP contribution in [0.1, 0.15) is 24.4 Å². The van der Waals surface area contributed by atoms with Gasteiger partial charge in [-0.3, -0.25) is 5.10 Å². The number of benzene rings is 1. The van der Waals surface area contributed by atoms with Gasteiger partial charge in [0, 0.05) is 11.6 Å². The number of halogens is 1. The van der Waals surface area contributed by atoms with Crippen LogP contribution in [0.5, 0.6) is 0 Å². The summed E-state index contributed by atoms with van der Waals surface area (Å²) in [6.07, 6.45) is 1.33. The van der Waals surface area contributed by atoms with Crippen LogP contribution in [0.25, 0.3) is 0 Å². The lowest BCUT2D eigenvalue weighted by Gasteiger charge is -2.13. The number of H-pyrrole nitrogens is 1. The Balaban J connectivity index is 2.25. The van der Waals surface area contributed by atoms with E-state index >= 15 is 0 Å². The maximum absolute atomic E-state index is 12.4. The molecule has 1 unspecified atom stereocenters. The van der Waals surface area contributed by atoms with E-state index in [0.717, 1.165) is 5.56 Å². The maximum atomic E-state index is 12.4. The first-order chi connectivity index (χ1) is 9.94. The number of aromatic amines is 1. The smallest absolute Gasteiger partial charge is 0.241 e. The van der Waals surface area contributed by atoms with E-state index in [2.05, 4.69) is 25.2 Å². The van der Waals surface area contributed by atoms with Gasteiger partial charge in [-0.1, -0.05) is 11.6 Å². The molecule has 0 radical (unpaired) electrons. The summed E-state index contributed by atoms with van der Waals surface area (Å²) in [6, 6.07) is 4.08. The summed E-state index contributed by atoms with van der Waals surface area (Å²) in [5.74, 6) is 0.447. The number of nitrogens with one attached hydrogen (secondary N) is 3. The minimum absolute atomic E-state index is 0.156. The maximum Gasteiger partial charge on any atom is 0.241 e. The molecule has 1 aromatic heterocycles. The number of hydrogen-bond donors (Lipinski definition) is 3. The lowest BCUT2D eigenvalue weighted by atomic mass is 10.2. The van der Waals surface area contributed by atoms with Gasteiger partial charge in [0.1, 0.15) is 12.2 Å². The molecule has 1 aromatic carbocycles. The average Bonchev–Trinajstić information content (AvgIpc) is 2.95. The molecule has 2 aromatic rings. The van der Waals surface area contributed by atoms with Gasteiger partial charge >= 0.3 is 0 Å². The summed E-state index contributed by atoms with van der Waals surface area (Å²) in [6.45, 7) is 2.17. The fourth-order valence-electron chi connectivity index (χ4n) is 1.82. The van der Waals surface area contributed by atoms with E-state index in [1.165, 1.54) is 12.4 Å². The van der Waals surface area contributed by atoms with Crippen molar-refractivity contribution in [3.63, 3.8) is 0 Å². The molecule has 0 saturated carbocycles. The molecule has 0 saturated heterocycles. The minimum atomic E-state index is -3.67. The van der Waals surface area contributed by atoms with Crippen LogP contribution in [0.4, 0.5) is 0 Å². The second kappa shape index (κ2) is 6.52. The monoisotopic (exact) mass is 329 g/mol. The van der Waals surface area contributed by atoms with E-state index in [-0.39, 0.29) is 4.90 Å². The lowest BCUT2D eigenvalue weighted by Crippen LogP contribution is -2.27. The van der Waals surface area contributed by atoms with Crippen molar-refractivity contribution in [3.05, 3.63) is 40.9 Å². The molecule has 0 bridgehead atoms. The zero-order chi connectivity index (χ0) is 15.5. The zero-order valence-corrected chi connectivity index (χ0v) is 13.2. The summed E-state index contributed by atoms with van der Waals surface area (Å²) in [5, 5.41) is 9.80. The van der Waals surface area contributed by atoms with Gasteiger partial charge in [-0.15, -0.1) is 0 Å². The highest BCUT2D eigenvalue weighted by atomic mass is 35.5. The standard InChI is InChI=1S/C12H16ClN5O2S/c1-8(12-15-7-16-17-12)18-21(19,20)10-3-4-11(13)9(5-10)6-14-2/h3-5,7-8,14,18H,6H2,1-2H3,(H,15,16,17). The van der Waals surface area contributed by atoms with Crippen molar-refractivity contribution in [2.24, 2.45) is 0 Å². The fraction of sp³-hybridized carbons (Fsp3) is 0.333. The van der Waals surface area contributed by atoms with Gasteiger partial charge in [-0.05, 0) is 37.7 Å². The van der Waals surface area contributed by atoms with Crippen LogP contribution in [0, 0.1) is 0 Å². The third-order valence-electron chi connectivity index (χ3n) is 2.87. The number of nitrogens with zero attached hydrogens (tertiary/aromatic N) is 2. The van der Waals surface area contributed by atoms with Crippen LogP contribution in [0.3, 0.4) is 0 Å². The molecule has 114 valence electrons. The first kappa shape index (κ1) is 15.9. The molecule has 1 heterocycles. The molecule has 0 aliphatic heterocycles. The Labute approximate surface area is 128 Å². The quantitative estimate of drug-likeness (QED) is 0.740. The summed E-state index contributed by atoms with van der Waals surface area (Å²) >= 11 is 6.03. The van der Waals surface area contributed by atoms with E-state index in [1.807, 2.05) is 0 Å². The predicted octanol–water partition coefficient (Wildman–Crippen LogP) is 1.22. The molecule has 0 aliphatic rings. The van der Waals surface area contributed by atoms with Crippen LogP contribution >= 0.6 is 11.6 Å². The van der Waals surface area contributed by atoms with E-state index in [0.29, 0.717) is 17.4 Å². The van der Waals surface area contributed by atoms with Gasteiger partial charge in [-0.2, -0.15) is 5.10 Å². The second-order valence-corrected chi connectivity index (χ2v) is 6.62. The van der Waals surface area contributed by atoms with Gasteiger partial charge in [0.15, 0.2) is 0 Å². The highest BCUT2D eigenvalue weighted by Crippen LogP contribution is 2.21. The predicted molar refractivity (Wildman–Crippen MR) is 79.3 cm³/mol. The number of rotatable bonds is 6. The van der Waals surface area contributed by atoms with Crippen LogP contribution in [-0.4, -0.2) is 30.6 Å². The van der Waals surface area contributed by atoms with Crippen molar-refractivity contribution in [1.82, 2.24) is 25.2 Å². The molecule has 9 heteroatoms. The van der Waals surface area contributed by atoms with Crippen molar-refractivity contribution < 1.29 is 8.42 Å². The summed E-state index contributed by atoms with van der Waals surface area (Å²) in [7, 11) is -1.90. The Morgan fingerprint density at radius 2 is 2.19 bits per heavy atom. The van der Waals surface area contributed by atoms with Crippen molar-refractivity contribution >= 4 is 21.6 Å². The molecule has 1 atom stereocenters. The first-order valence-electron chi connectivity index (χ1n) is 6.24. The van der Waals surface area contributed by atoms with E-state index < -0.39 is 16.1 Å². The lowest BCUT2D eigenvalue weighted by molar-refractivity contribution is 0.560. The summed E-state index contributed by atoms with van der Waals surface area (Å²) in [4.78, 5) is 4.09. The third kappa shape index (κ3) is 3.79. The summed E-state index contributed by atoms with van der Waals surface area (Å²) < 4.78 is 27.3. The SMILES string of the molecule is CNCc1cc(S(=O)(=O)NC(C)c2ncn[nH]2)ccc1Cl. The number of aromatic nitrogens is 3. The molecule has 0 amide bonds. The molecule has 0 aliphatic carbocycles. The molecule has 2 rings (SSSR count). The molecule has 0 fully saturated rings. The van der Waals surface area contributed by atoms with Crippen molar-refractivity contribution in [2.75, 3.05) is 7.05 Å². The zero-order valence-electron chi connectivity index (χ0n) is 11.6. The van der Waals surface area contributed by atoms with Crippen molar-refractivity contribution in [1.29, 1.82) is 0 Å². The highest BCUT2D eigenvalue weighted by molar-refractivity contribution is 7.89. The van der Waals surface area contributed by atoms with E-state index in [1.54, 1.807) is 26.1 Å². The minimum Gasteiger partial charge on any atom is -0.316 e. The Bertz CT molecular complexity index is 702. The Morgan fingerprint density at radius 1 is 1.43 bits per heavy atom. The van der Waals surface area contributed by atoms with Gasteiger partial charge in [0.05, 0.1) is 10.9 Å². The molecule has 0 spiro atoms. The second-order valence-electron chi connectivity index (χ2n) is 4.50. The number of hydrogen-bond acceptors (Lipinski definition) is 5. The average molecular weight is 330 g/mol. The molecule has 21 heavy (non-hydrogen) atoms. The fourth-order valence-corrected chi connectivity index (χ4v) is 3.27.